The number of hydrogen-bond acceptors (Lipinski definition) is 4. The molecule has 5 heteroatoms. The van der Waals surface area contributed by atoms with Gasteiger partial charge in [-0.2, -0.15) is 5.26 Å². The lowest BCUT2D eigenvalue weighted by Crippen LogP contribution is -2.29. The van der Waals surface area contributed by atoms with Gasteiger partial charge in [0.1, 0.15) is 12.3 Å². The fraction of sp³-hybridized carbons (Fsp3) is 0.308. The highest BCUT2D eigenvalue weighted by atomic mass is 16.2. The van der Waals surface area contributed by atoms with Crippen molar-refractivity contribution in [2.75, 3.05) is 20.2 Å². The van der Waals surface area contributed by atoms with Gasteiger partial charge in [-0.05, 0) is 12.1 Å². The van der Waals surface area contributed by atoms with E-state index in [0.29, 0.717) is 12.1 Å². The first kappa shape index (κ1) is 13.7. The van der Waals surface area contributed by atoms with Crippen LogP contribution in [0.4, 0.5) is 0 Å². The molecule has 1 aromatic heterocycles. The van der Waals surface area contributed by atoms with Crippen molar-refractivity contribution in [3.63, 3.8) is 0 Å². The van der Waals surface area contributed by atoms with Crippen molar-refractivity contribution in [2.24, 2.45) is 0 Å². The predicted octanol–water partition coefficient (Wildman–Crippen LogP) is 0.411. The highest BCUT2D eigenvalue weighted by molar-refractivity contribution is 5.94. The monoisotopic (exact) mass is 243 g/mol. The first-order chi connectivity index (χ1) is 8.70. The van der Waals surface area contributed by atoms with Crippen LogP contribution in [0.2, 0.25) is 0 Å². The van der Waals surface area contributed by atoms with Gasteiger partial charge >= 0.3 is 0 Å². The predicted molar refractivity (Wildman–Crippen MR) is 65.4 cm³/mol. The number of aromatic nitrogens is 1. The Balaban J connectivity index is 2.95. The maximum Gasteiger partial charge on any atom is 0.273 e. The summed E-state index contributed by atoms with van der Waals surface area (Å²) in [5.41, 5.74) is 0.708. The summed E-state index contributed by atoms with van der Waals surface area (Å²) < 4.78 is 0. The number of carbonyl (C=O) groups is 1. The van der Waals surface area contributed by atoms with E-state index in [1.807, 2.05) is 6.07 Å². The van der Waals surface area contributed by atoms with E-state index in [2.05, 4.69) is 16.8 Å². The van der Waals surface area contributed by atoms with Crippen molar-refractivity contribution in [3.8, 4) is 17.9 Å². The Hall–Kier alpha value is -2.37. The van der Waals surface area contributed by atoms with Crippen LogP contribution in [0.1, 0.15) is 22.5 Å². The second kappa shape index (κ2) is 7.05. The number of hydrogen-bond donors (Lipinski definition) is 1. The normalized spacial score (nSPS) is 8.94. The van der Waals surface area contributed by atoms with E-state index in [-0.39, 0.29) is 24.6 Å². The van der Waals surface area contributed by atoms with E-state index < -0.39 is 0 Å². The van der Waals surface area contributed by atoms with E-state index in [1.165, 1.54) is 11.1 Å². The zero-order valence-electron chi connectivity index (χ0n) is 10.1. The van der Waals surface area contributed by atoms with Gasteiger partial charge in [0.05, 0.1) is 18.1 Å². The third-order valence-electron chi connectivity index (χ3n) is 2.22. The third-order valence-corrected chi connectivity index (χ3v) is 2.22. The fourth-order valence-corrected chi connectivity index (χ4v) is 1.31. The Morgan fingerprint density at radius 1 is 1.61 bits per heavy atom. The second-order valence-corrected chi connectivity index (χ2v) is 3.49. The fourth-order valence-electron chi connectivity index (χ4n) is 1.31. The van der Waals surface area contributed by atoms with Crippen LogP contribution >= 0.6 is 0 Å². The Labute approximate surface area is 106 Å². The van der Waals surface area contributed by atoms with Crippen molar-refractivity contribution >= 4 is 5.91 Å². The molecule has 18 heavy (non-hydrogen) atoms. The largest absolute Gasteiger partial charge is 0.384 e. The number of carbonyl (C=O) groups excluding carboxylic acids is 1. The number of pyridine rings is 1. The number of aliphatic hydroxyl groups is 1. The molecule has 0 aliphatic carbocycles. The van der Waals surface area contributed by atoms with Gasteiger partial charge in [-0.3, -0.25) is 4.79 Å². The topological polar surface area (TPSA) is 77.2 Å². The van der Waals surface area contributed by atoms with Crippen LogP contribution < -0.4 is 0 Å². The van der Waals surface area contributed by atoms with Crippen LogP contribution in [0.3, 0.4) is 0 Å². The first-order valence-corrected chi connectivity index (χ1v) is 5.38. The summed E-state index contributed by atoms with van der Waals surface area (Å²) in [7, 11) is 1.61. The van der Waals surface area contributed by atoms with Crippen LogP contribution in [-0.2, 0) is 0 Å². The van der Waals surface area contributed by atoms with Gasteiger partial charge in [0.2, 0.25) is 0 Å². The molecule has 0 atom stereocenters. The smallest absolute Gasteiger partial charge is 0.273 e. The molecule has 1 amide bonds. The Morgan fingerprint density at radius 3 is 3.06 bits per heavy atom. The molecular weight excluding hydrogens is 230 g/mol. The van der Waals surface area contributed by atoms with Gasteiger partial charge in [0.25, 0.3) is 5.91 Å². The second-order valence-electron chi connectivity index (χ2n) is 3.49. The molecule has 0 spiro atoms. The Bertz CT molecular complexity index is 523. The van der Waals surface area contributed by atoms with Crippen molar-refractivity contribution in [1.29, 1.82) is 5.26 Å². The molecule has 1 rings (SSSR count). The highest BCUT2D eigenvalue weighted by Gasteiger charge is 2.15. The molecule has 0 aromatic carbocycles. The van der Waals surface area contributed by atoms with Crippen LogP contribution in [-0.4, -0.2) is 41.1 Å². The van der Waals surface area contributed by atoms with E-state index in [4.69, 9.17) is 10.4 Å². The average molecular weight is 243 g/mol. The molecule has 92 valence electrons. The zero-order valence-corrected chi connectivity index (χ0v) is 10.1. The van der Waals surface area contributed by atoms with Crippen LogP contribution in [0, 0.1) is 23.2 Å². The molecule has 0 aliphatic heterocycles. The zero-order chi connectivity index (χ0) is 13.4. The number of amides is 1. The minimum absolute atomic E-state index is 0.235. The maximum atomic E-state index is 12.1. The lowest BCUT2D eigenvalue weighted by atomic mass is 10.1. The van der Waals surface area contributed by atoms with Gasteiger partial charge in [0.15, 0.2) is 0 Å². The number of nitrogens with zero attached hydrogens (tertiary/aromatic N) is 3. The molecular formula is C13H13N3O2. The summed E-state index contributed by atoms with van der Waals surface area (Å²) in [6.07, 6.45) is 1.78. The molecule has 0 radical (unpaired) electrons. The summed E-state index contributed by atoms with van der Waals surface area (Å²) in [6.45, 7) is 0.0750. The molecule has 5 nitrogen and oxygen atoms in total. The lowest BCUT2D eigenvalue weighted by molar-refractivity contribution is 0.0792. The standard InChI is InChI=1S/C13H13N3O2/c1-16(9-4-7-14)13(18)12-11(6-3-10-17)5-2-8-15-12/h2,5,8,17H,4,9-10H2,1H3. The van der Waals surface area contributed by atoms with Gasteiger partial charge in [-0.15, -0.1) is 0 Å². The average Bonchev–Trinajstić information content (AvgIpc) is 2.42. The van der Waals surface area contributed by atoms with Gasteiger partial charge < -0.3 is 10.0 Å². The number of rotatable bonds is 3. The van der Waals surface area contributed by atoms with Crippen LogP contribution in [0.15, 0.2) is 18.3 Å². The molecule has 0 fully saturated rings. The number of aliphatic hydroxyl groups excluding tert-OH is 1. The van der Waals surface area contributed by atoms with E-state index >= 15 is 0 Å². The van der Waals surface area contributed by atoms with Crippen LogP contribution in [0.25, 0.3) is 0 Å². The highest BCUT2D eigenvalue weighted by Crippen LogP contribution is 2.07. The molecule has 0 saturated carbocycles. The molecule has 1 N–H and O–H groups in total. The summed E-state index contributed by atoms with van der Waals surface area (Å²) in [5, 5.41) is 17.1. The summed E-state index contributed by atoms with van der Waals surface area (Å²) in [4.78, 5) is 17.5. The van der Waals surface area contributed by atoms with Crippen molar-refractivity contribution in [1.82, 2.24) is 9.88 Å². The molecule has 0 aliphatic rings. The summed E-state index contributed by atoms with van der Waals surface area (Å²) >= 11 is 0. The molecule has 0 bridgehead atoms. The van der Waals surface area contributed by atoms with E-state index in [1.54, 1.807) is 19.2 Å². The SMILES string of the molecule is CN(CCC#N)C(=O)c1ncccc1C#CCO. The minimum Gasteiger partial charge on any atom is -0.384 e. The van der Waals surface area contributed by atoms with Crippen molar-refractivity contribution < 1.29 is 9.90 Å². The molecule has 0 unspecified atom stereocenters. The summed E-state index contributed by atoms with van der Waals surface area (Å²) in [6, 6.07) is 5.32. The lowest BCUT2D eigenvalue weighted by Gasteiger charge is -2.15. The first-order valence-electron chi connectivity index (χ1n) is 5.38. The number of nitriles is 1. The van der Waals surface area contributed by atoms with Gasteiger partial charge in [-0.25, -0.2) is 4.98 Å². The molecule has 1 heterocycles. The van der Waals surface area contributed by atoms with Gasteiger partial charge in [-0.1, -0.05) is 11.8 Å². The third kappa shape index (κ3) is 3.58. The maximum absolute atomic E-state index is 12.1. The van der Waals surface area contributed by atoms with Crippen molar-refractivity contribution in [3.05, 3.63) is 29.6 Å². The van der Waals surface area contributed by atoms with Gasteiger partial charge in [0, 0.05) is 19.8 Å². The summed E-state index contributed by atoms with van der Waals surface area (Å²) in [5.74, 6) is 4.88. The quantitative estimate of drug-likeness (QED) is 0.780. The molecule has 0 saturated heterocycles. The Kier molecular flexibility index (Phi) is 5.37. The van der Waals surface area contributed by atoms with E-state index in [9.17, 15) is 4.79 Å². The Morgan fingerprint density at radius 2 is 2.39 bits per heavy atom. The van der Waals surface area contributed by atoms with E-state index in [0.717, 1.165) is 0 Å². The van der Waals surface area contributed by atoms with Crippen LogP contribution in [0.5, 0.6) is 0 Å². The minimum atomic E-state index is -0.284. The van der Waals surface area contributed by atoms with Crippen molar-refractivity contribution in [2.45, 2.75) is 6.42 Å². The molecule has 1 aromatic rings.